The molecule has 1 aliphatic rings. The van der Waals surface area contributed by atoms with E-state index in [9.17, 15) is 0 Å². The van der Waals surface area contributed by atoms with E-state index in [0.717, 1.165) is 13.0 Å². The second kappa shape index (κ2) is 3.07. The van der Waals surface area contributed by atoms with Crippen LogP contribution in [0.25, 0.3) is 0 Å². The van der Waals surface area contributed by atoms with Crippen molar-refractivity contribution in [2.24, 2.45) is 0 Å². The smallest absolute Gasteiger partial charge is 0.0769 e. The molecule has 1 N–H and O–H groups in total. The normalized spacial score (nSPS) is 34.4. The zero-order valence-corrected chi connectivity index (χ0v) is 6.61. The van der Waals surface area contributed by atoms with Gasteiger partial charge in [0.2, 0.25) is 0 Å². The monoisotopic (exact) mass is 137 g/mol. The number of hydrogen-bond acceptors (Lipinski definition) is 1. The summed E-state index contributed by atoms with van der Waals surface area (Å²) in [4.78, 5) is 0. The van der Waals surface area contributed by atoms with Crippen molar-refractivity contribution >= 4 is 0 Å². The molecule has 10 heavy (non-hydrogen) atoms. The Balaban J connectivity index is 2.51. The maximum atomic E-state index is 5.39. The van der Waals surface area contributed by atoms with Crippen LogP contribution in [0, 0.1) is 12.3 Å². The third-order valence-corrected chi connectivity index (χ3v) is 2.19. The van der Waals surface area contributed by atoms with Crippen LogP contribution >= 0.6 is 0 Å². The Kier molecular flexibility index (Phi) is 2.34. The average molecular weight is 137 g/mol. The van der Waals surface area contributed by atoms with E-state index < -0.39 is 0 Å². The summed E-state index contributed by atoms with van der Waals surface area (Å²) >= 11 is 0. The van der Waals surface area contributed by atoms with Crippen LogP contribution in [0.2, 0.25) is 0 Å². The van der Waals surface area contributed by atoms with Crippen molar-refractivity contribution in [3.8, 4) is 12.3 Å². The molecule has 1 heterocycles. The van der Waals surface area contributed by atoms with Crippen LogP contribution in [-0.4, -0.2) is 12.1 Å². The van der Waals surface area contributed by atoms with Crippen LogP contribution < -0.4 is 5.32 Å². The topological polar surface area (TPSA) is 12.0 Å². The van der Waals surface area contributed by atoms with Crippen LogP contribution in [0.15, 0.2) is 0 Å². The van der Waals surface area contributed by atoms with E-state index in [0.29, 0.717) is 0 Å². The molecule has 56 valence electrons. The molecule has 1 saturated heterocycles. The highest BCUT2D eigenvalue weighted by Crippen LogP contribution is 2.16. The lowest BCUT2D eigenvalue weighted by atomic mass is 9.98. The third-order valence-electron chi connectivity index (χ3n) is 2.19. The average Bonchev–Trinajstić information content (AvgIpc) is 2.15. The summed E-state index contributed by atoms with van der Waals surface area (Å²) in [6, 6.07) is 0. The standard InChI is InChI=1S/C9H15N/c1-3-9(2)7-5-4-6-8-10-9/h1,10H,4-8H2,2H3. The first-order valence-electron chi connectivity index (χ1n) is 4.00. The fraction of sp³-hybridized carbons (Fsp3) is 0.778. The second-order valence-corrected chi connectivity index (χ2v) is 3.21. The van der Waals surface area contributed by atoms with Gasteiger partial charge >= 0.3 is 0 Å². The van der Waals surface area contributed by atoms with Gasteiger partial charge in [0.25, 0.3) is 0 Å². The summed E-state index contributed by atoms with van der Waals surface area (Å²) < 4.78 is 0. The van der Waals surface area contributed by atoms with Crippen molar-refractivity contribution in [3.63, 3.8) is 0 Å². The molecule has 0 aromatic rings. The molecule has 1 rings (SSSR count). The molecule has 0 bridgehead atoms. The number of rotatable bonds is 0. The maximum Gasteiger partial charge on any atom is 0.0769 e. The zero-order valence-electron chi connectivity index (χ0n) is 6.61. The van der Waals surface area contributed by atoms with E-state index in [2.05, 4.69) is 18.2 Å². The summed E-state index contributed by atoms with van der Waals surface area (Å²) in [6.45, 7) is 3.19. The summed E-state index contributed by atoms with van der Waals surface area (Å²) in [7, 11) is 0. The SMILES string of the molecule is C#CC1(C)CCCCCN1. The Labute approximate surface area is 63.2 Å². The van der Waals surface area contributed by atoms with Crippen LogP contribution in [0.1, 0.15) is 32.6 Å². The van der Waals surface area contributed by atoms with E-state index in [-0.39, 0.29) is 5.54 Å². The first-order chi connectivity index (χ1) is 4.77. The van der Waals surface area contributed by atoms with Crippen LogP contribution in [0.4, 0.5) is 0 Å². The lowest BCUT2D eigenvalue weighted by Gasteiger charge is -2.21. The lowest BCUT2D eigenvalue weighted by Crippen LogP contribution is -2.39. The molecular formula is C9H15N. The quantitative estimate of drug-likeness (QED) is 0.499. The van der Waals surface area contributed by atoms with Crippen LogP contribution in [0.3, 0.4) is 0 Å². The summed E-state index contributed by atoms with van der Waals surface area (Å²) in [5.41, 5.74) is -0.0174. The lowest BCUT2D eigenvalue weighted by molar-refractivity contribution is 0.449. The van der Waals surface area contributed by atoms with E-state index in [4.69, 9.17) is 6.42 Å². The zero-order chi connectivity index (χ0) is 7.45. The molecule has 0 amide bonds. The van der Waals surface area contributed by atoms with Gasteiger partial charge in [-0.3, -0.25) is 0 Å². The number of nitrogens with one attached hydrogen (secondary N) is 1. The summed E-state index contributed by atoms with van der Waals surface area (Å²) in [5.74, 6) is 2.81. The van der Waals surface area contributed by atoms with Gasteiger partial charge in [-0.25, -0.2) is 0 Å². The summed E-state index contributed by atoms with van der Waals surface area (Å²) in [6.07, 6.45) is 10.4. The van der Waals surface area contributed by atoms with Crippen LogP contribution in [0.5, 0.6) is 0 Å². The van der Waals surface area contributed by atoms with Crippen molar-refractivity contribution in [2.75, 3.05) is 6.54 Å². The molecule has 0 radical (unpaired) electrons. The minimum absolute atomic E-state index is 0.0174. The molecule has 0 aromatic heterocycles. The van der Waals surface area contributed by atoms with Gasteiger partial charge in [0, 0.05) is 0 Å². The minimum Gasteiger partial charge on any atom is -0.301 e. The van der Waals surface area contributed by atoms with Crippen molar-refractivity contribution in [1.29, 1.82) is 0 Å². The van der Waals surface area contributed by atoms with Gasteiger partial charge in [0.05, 0.1) is 5.54 Å². The fourth-order valence-electron chi connectivity index (χ4n) is 1.36. The highest BCUT2D eigenvalue weighted by molar-refractivity contribution is 5.10. The maximum absolute atomic E-state index is 5.39. The van der Waals surface area contributed by atoms with E-state index in [1.54, 1.807) is 0 Å². The molecule has 0 aromatic carbocycles. The molecule has 0 aliphatic carbocycles. The predicted octanol–water partition coefficient (Wildman–Crippen LogP) is 1.54. The Morgan fingerprint density at radius 1 is 1.40 bits per heavy atom. The first kappa shape index (κ1) is 7.63. The van der Waals surface area contributed by atoms with Gasteiger partial charge in [0.15, 0.2) is 0 Å². The minimum atomic E-state index is -0.0174. The van der Waals surface area contributed by atoms with E-state index in [1.165, 1.54) is 19.3 Å². The van der Waals surface area contributed by atoms with Crippen molar-refractivity contribution < 1.29 is 0 Å². The van der Waals surface area contributed by atoms with Gasteiger partial charge < -0.3 is 5.32 Å². The van der Waals surface area contributed by atoms with Crippen LogP contribution in [-0.2, 0) is 0 Å². The molecule has 1 aliphatic heterocycles. The fourth-order valence-corrected chi connectivity index (χ4v) is 1.36. The third kappa shape index (κ3) is 1.75. The highest BCUT2D eigenvalue weighted by Gasteiger charge is 2.21. The molecule has 1 atom stereocenters. The van der Waals surface area contributed by atoms with Gasteiger partial charge in [0.1, 0.15) is 0 Å². The predicted molar refractivity (Wildman–Crippen MR) is 43.7 cm³/mol. The van der Waals surface area contributed by atoms with Gasteiger partial charge in [-0.2, -0.15) is 0 Å². The van der Waals surface area contributed by atoms with Crippen molar-refractivity contribution in [3.05, 3.63) is 0 Å². The molecule has 1 unspecified atom stereocenters. The van der Waals surface area contributed by atoms with Crippen molar-refractivity contribution in [1.82, 2.24) is 5.32 Å². The first-order valence-corrected chi connectivity index (χ1v) is 4.00. The second-order valence-electron chi connectivity index (χ2n) is 3.21. The van der Waals surface area contributed by atoms with Gasteiger partial charge in [-0.15, -0.1) is 6.42 Å². The molecular weight excluding hydrogens is 122 g/mol. The molecule has 1 nitrogen and oxygen atoms in total. The number of terminal acetylenes is 1. The molecule has 1 heteroatoms. The summed E-state index contributed by atoms with van der Waals surface area (Å²) in [5, 5.41) is 3.37. The van der Waals surface area contributed by atoms with E-state index >= 15 is 0 Å². The van der Waals surface area contributed by atoms with Crippen molar-refractivity contribution in [2.45, 2.75) is 38.1 Å². The molecule has 0 saturated carbocycles. The van der Waals surface area contributed by atoms with E-state index in [1.807, 2.05) is 0 Å². The molecule has 0 spiro atoms. The van der Waals surface area contributed by atoms with Gasteiger partial charge in [-0.1, -0.05) is 18.8 Å². The highest BCUT2D eigenvalue weighted by atomic mass is 15.0. The largest absolute Gasteiger partial charge is 0.301 e. The number of hydrogen-bond donors (Lipinski definition) is 1. The Hall–Kier alpha value is -0.480. The van der Waals surface area contributed by atoms with Gasteiger partial charge in [-0.05, 0) is 26.3 Å². The molecule has 1 fully saturated rings. The Morgan fingerprint density at radius 3 is 2.90 bits per heavy atom. The Bertz CT molecular complexity index is 135. The Morgan fingerprint density at radius 2 is 2.20 bits per heavy atom.